The van der Waals surface area contributed by atoms with Crippen LogP contribution in [-0.2, 0) is 20.2 Å². The Labute approximate surface area is 142 Å². The number of esters is 1. The molecular weight excluding hydrogens is 336 g/mol. The van der Waals surface area contributed by atoms with Gasteiger partial charge in [0.1, 0.15) is 12.2 Å². The minimum atomic E-state index is -2.38. The van der Waals surface area contributed by atoms with Crippen molar-refractivity contribution in [2.24, 2.45) is 0 Å². The third kappa shape index (κ3) is 3.82. The largest absolute Gasteiger partial charge is 0.410 e. The highest BCUT2D eigenvalue weighted by molar-refractivity contribution is 5.69. The molecule has 0 spiro atoms. The van der Waals surface area contributed by atoms with Gasteiger partial charge in [-0.1, -0.05) is 19.8 Å². The van der Waals surface area contributed by atoms with E-state index in [1.165, 1.54) is 0 Å². The zero-order chi connectivity index (χ0) is 18.6. The summed E-state index contributed by atoms with van der Waals surface area (Å²) in [5.41, 5.74) is -1.70. The molecule has 0 aliphatic carbocycles. The molecule has 25 heavy (non-hydrogen) atoms. The molecule has 1 aliphatic rings. The second-order valence-electron chi connectivity index (χ2n) is 5.82. The molecule has 10 nitrogen and oxygen atoms in total. The minimum absolute atomic E-state index is 0.0175. The van der Waals surface area contributed by atoms with Crippen molar-refractivity contribution in [3.05, 3.63) is 33.1 Å². The van der Waals surface area contributed by atoms with Gasteiger partial charge in [0.25, 0.3) is 5.56 Å². The number of aliphatic hydroxyl groups excluding tert-OH is 3. The summed E-state index contributed by atoms with van der Waals surface area (Å²) < 4.78 is 11.3. The Morgan fingerprint density at radius 1 is 1.40 bits per heavy atom. The normalized spacial score (nSPS) is 28.9. The third-order valence-electron chi connectivity index (χ3n) is 3.98. The van der Waals surface area contributed by atoms with E-state index in [1.54, 1.807) is 0 Å². The Morgan fingerprint density at radius 2 is 2.12 bits per heavy atom. The number of aromatic amines is 1. The number of carbonyl (C=O) groups is 1. The number of hydrogen-bond acceptors (Lipinski definition) is 8. The molecule has 140 valence electrons. The topological polar surface area (TPSA) is 151 Å². The number of rotatable bonds is 7. The molecule has 1 aliphatic heterocycles. The fourth-order valence-electron chi connectivity index (χ4n) is 2.65. The van der Waals surface area contributed by atoms with Gasteiger partial charge in [-0.05, 0) is 6.42 Å². The van der Waals surface area contributed by atoms with Crippen LogP contribution in [0.3, 0.4) is 0 Å². The van der Waals surface area contributed by atoms with Crippen LogP contribution in [0.4, 0.5) is 0 Å². The van der Waals surface area contributed by atoms with Crippen LogP contribution < -0.4 is 11.2 Å². The van der Waals surface area contributed by atoms with E-state index < -0.39 is 48.0 Å². The number of carbonyl (C=O) groups excluding carboxylic acids is 1. The summed E-state index contributed by atoms with van der Waals surface area (Å²) >= 11 is 0. The Bertz CT molecular complexity index is 714. The third-order valence-corrected chi connectivity index (χ3v) is 3.98. The Morgan fingerprint density at radius 3 is 2.68 bits per heavy atom. The lowest BCUT2D eigenvalue weighted by molar-refractivity contribution is -0.301. The molecule has 1 aromatic rings. The fraction of sp³-hybridized carbons (Fsp3) is 0.667. The zero-order valence-electron chi connectivity index (χ0n) is 13.8. The number of hydrogen-bond donors (Lipinski definition) is 4. The number of aliphatic hydroxyl groups is 3. The number of H-pyrrole nitrogens is 1. The molecule has 4 N–H and O–H groups in total. The van der Waals surface area contributed by atoms with Gasteiger partial charge >= 0.3 is 17.6 Å². The summed E-state index contributed by atoms with van der Waals surface area (Å²) in [4.78, 5) is 37.5. The molecule has 0 aromatic carbocycles. The Hall–Kier alpha value is -2.01. The van der Waals surface area contributed by atoms with Crippen LogP contribution in [0.15, 0.2) is 21.9 Å². The molecule has 1 saturated heterocycles. The quantitative estimate of drug-likeness (QED) is 0.335. The average molecular weight is 358 g/mol. The molecule has 0 bridgehead atoms. The van der Waals surface area contributed by atoms with Crippen molar-refractivity contribution < 1.29 is 29.6 Å². The van der Waals surface area contributed by atoms with Crippen molar-refractivity contribution >= 4 is 5.97 Å². The van der Waals surface area contributed by atoms with E-state index in [1.807, 2.05) is 11.9 Å². The van der Waals surface area contributed by atoms with Gasteiger partial charge < -0.3 is 24.8 Å². The molecule has 2 rings (SSSR count). The maximum atomic E-state index is 12.1. The van der Waals surface area contributed by atoms with E-state index in [-0.39, 0.29) is 6.42 Å². The van der Waals surface area contributed by atoms with Crippen LogP contribution in [0.1, 0.15) is 32.6 Å². The van der Waals surface area contributed by atoms with Crippen molar-refractivity contribution in [3.8, 4) is 0 Å². The number of unbranched alkanes of at least 4 members (excludes halogenated alkanes) is 2. The highest BCUT2D eigenvalue weighted by atomic mass is 16.8. The van der Waals surface area contributed by atoms with Crippen molar-refractivity contribution in [2.45, 2.75) is 56.8 Å². The minimum Gasteiger partial charge on any atom is -0.410 e. The summed E-state index contributed by atoms with van der Waals surface area (Å²) in [5.74, 6) is -3.13. The van der Waals surface area contributed by atoms with E-state index in [4.69, 9.17) is 9.47 Å². The molecule has 0 amide bonds. The number of ether oxygens (including phenoxy) is 2. The van der Waals surface area contributed by atoms with Crippen LogP contribution in [-0.4, -0.2) is 55.8 Å². The van der Waals surface area contributed by atoms with E-state index in [2.05, 4.69) is 0 Å². The summed E-state index contributed by atoms with van der Waals surface area (Å²) in [6, 6.07) is 0.975. The summed E-state index contributed by atoms with van der Waals surface area (Å²) in [6.07, 6.45) is -1.53. The summed E-state index contributed by atoms with van der Waals surface area (Å²) in [6.45, 7) is 1.28. The van der Waals surface area contributed by atoms with Crippen LogP contribution >= 0.6 is 0 Å². The van der Waals surface area contributed by atoms with Crippen LogP contribution in [0, 0.1) is 0 Å². The monoisotopic (exact) mass is 358 g/mol. The maximum absolute atomic E-state index is 12.1. The predicted octanol–water partition coefficient (Wildman–Crippen LogP) is -1.62. The van der Waals surface area contributed by atoms with Crippen LogP contribution in [0.2, 0.25) is 0 Å². The van der Waals surface area contributed by atoms with Gasteiger partial charge in [0.05, 0.1) is 6.61 Å². The standard InChI is InChI=1S/C15H22N2O8/c1-2-3-4-5-11(20)25-15(13(22)12(21)9(8-18)24-15)17-7-6-10(19)16-14(17)23/h6-7,9,12-13,18,21-22H,2-5,8H2,1H3,(H,16,19,23)/t9-,12-,13-,15+/m1/s1. The highest BCUT2D eigenvalue weighted by Crippen LogP contribution is 2.36. The van der Waals surface area contributed by atoms with E-state index in [9.17, 15) is 29.7 Å². The second-order valence-corrected chi connectivity index (χ2v) is 5.82. The molecule has 1 fully saturated rings. The van der Waals surface area contributed by atoms with Gasteiger partial charge in [0, 0.05) is 18.7 Å². The van der Waals surface area contributed by atoms with E-state index in [0.717, 1.165) is 25.1 Å². The first-order valence-corrected chi connectivity index (χ1v) is 8.04. The van der Waals surface area contributed by atoms with Crippen molar-refractivity contribution in [3.63, 3.8) is 0 Å². The molecular formula is C15H22N2O8. The van der Waals surface area contributed by atoms with Gasteiger partial charge in [-0.15, -0.1) is 0 Å². The second kappa shape index (κ2) is 7.91. The fourth-order valence-corrected chi connectivity index (χ4v) is 2.65. The first-order chi connectivity index (χ1) is 11.9. The first-order valence-electron chi connectivity index (χ1n) is 8.04. The zero-order valence-corrected chi connectivity index (χ0v) is 13.8. The lowest BCUT2D eigenvalue weighted by Crippen LogP contribution is -2.54. The SMILES string of the molecule is CCCCCC(=O)O[C@@]1(n2ccc(=O)[nH]c2=O)O[C@H](CO)[C@@H](O)[C@H]1O. The number of nitrogens with one attached hydrogen (secondary N) is 1. The van der Waals surface area contributed by atoms with E-state index in [0.29, 0.717) is 11.0 Å². The van der Waals surface area contributed by atoms with Crippen molar-refractivity contribution in [2.75, 3.05) is 6.61 Å². The molecule has 0 radical (unpaired) electrons. The van der Waals surface area contributed by atoms with Gasteiger partial charge in [-0.2, -0.15) is 0 Å². The summed E-state index contributed by atoms with van der Waals surface area (Å²) in [5, 5.41) is 29.6. The van der Waals surface area contributed by atoms with Crippen molar-refractivity contribution in [1.82, 2.24) is 9.55 Å². The lowest BCUT2D eigenvalue weighted by atomic mass is 10.1. The first kappa shape index (κ1) is 19.3. The molecule has 4 atom stereocenters. The molecule has 0 unspecified atom stereocenters. The Balaban J connectivity index is 2.40. The predicted molar refractivity (Wildman–Crippen MR) is 83.5 cm³/mol. The molecule has 0 saturated carbocycles. The van der Waals surface area contributed by atoms with Crippen LogP contribution in [0.5, 0.6) is 0 Å². The smallest absolute Gasteiger partial charge is 0.335 e. The lowest BCUT2D eigenvalue weighted by Gasteiger charge is -2.32. The van der Waals surface area contributed by atoms with Gasteiger partial charge in [0.15, 0.2) is 6.10 Å². The van der Waals surface area contributed by atoms with Crippen molar-refractivity contribution in [1.29, 1.82) is 0 Å². The average Bonchev–Trinajstić information content (AvgIpc) is 2.80. The maximum Gasteiger partial charge on any atom is 0.335 e. The molecule has 2 heterocycles. The highest BCUT2D eigenvalue weighted by Gasteiger charge is 2.59. The van der Waals surface area contributed by atoms with Crippen LogP contribution in [0.25, 0.3) is 0 Å². The number of aromatic nitrogens is 2. The van der Waals surface area contributed by atoms with Gasteiger partial charge in [-0.25, -0.2) is 9.36 Å². The molecule has 1 aromatic heterocycles. The summed E-state index contributed by atoms with van der Waals surface area (Å²) in [7, 11) is 0. The van der Waals surface area contributed by atoms with Gasteiger partial charge in [-0.3, -0.25) is 14.6 Å². The Kier molecular flexibility index (Phi) is 6.11. The number of nitrogens with zero attached hydrogens (tertiary/aromatic N) is 1. The van der Waals surface area contributed by atoms with E-state index >= 15 is 0 Å². The van der Waals surface area contributed by atoms with Gasteiger partial charge in [0.2, 0.25) is 0 Å². The molecule has 10 heteroatoms.